The van der Waals surface area contributed by atoms with Crippen LogP contribution >= 0.6 is 0 Å². The van der Waals surface area contributed by atoms with Crippen molar-refractivity contribution < 1.29 is 23.9 Å². The van der Waals surface area contributed by atoms with Crippen molar-refractivity contribution in [1.82, 2.24) is 5.32 Å². The Balaban J connectivity index is 1.14. The molecule has 196 valence electrons. The number of anilines is 1. The monoisotopic (exact) mass is 513 g/mol. The Morgan fingerprint density at radius 2 is 1.55 bits per heavy atom. The van der Waals surface area contributed by atoms with Crippen molar-refractivity contribution in [3.8, 4) is 11.1 Å². The lowest BCUT2D eigenvalue weighted by Gasteiger charge is -2.39. The number of benzene rings is 3. The number of hydrogen-bond donors (Lipinski definition) is 3. The van der Waals surface area contributed by atoms with Gasteiger partial charge in [0.2, 0.25) is 5.91 Å². The molecule has 0 aliphatic heterocycles. The zero-order valence-electron chi connectivity index (χ0n) is 21.2. The van der Waals surface area contributed by atoms with E-state index in [0.717, 1.165) is 23.1 Å². The lowest BCUT2D eigenvalue weighted by molar-refractivity contribution is -0.155. The number of amides is 2. The van der Waals surface area contributed by atoms with Crippen LogP contribution in [-0.2, 0) is 25.5 Å². The number of fused-ring (bicyclic) bond motifs is 3. The van der Waals surface area contributed by atoms with Crippen molar-refractivity contribution in [2.45, 2.75) is 43.2 Å². The summed E-state index contributed by atoms with van der Waals surface area (Å²) in [6, 6.07) is 22.6. The molecule has 5 rings (SSSR count). The van der Waals surface area contributed by atoms with Crippen LogP contribution in [0.5, 0.6) is 0 Å². The highest BCUT2D eigenvalue weighted by Crippen LogP contribution is 2.44. The molecule has 38 heavy (non-hydrogen) atoms. The molecular formula is C30H31N3O5. The molecule has 1 fully saturated rings. The summed E-state index contributed by atoms with van der Waals surface area (Å²) in [6.07, 6.45) is 1.70. The van der Waals surface area contributed by atoms with Crippen LogP contribution in [0.3, 0.4) is 0 Å². The lowest BCUT2D eigenvalue weighted by atomic mass is 9.76. The van der Waals surface area contributed by atoms with Gasteiger partial charge in [0.25, 0.3) is 0 Å². The van der Waals surface area contributed by atoms with E-state index in [9.17, 15) is 14.4 Å². The van der Waals surface area contributed by atoms with E-state index in [1.165, 1.54) is 18.2 Å². The summed E-state index contributed by atoms with van der Waals surface area (Å²) >= 11 is 0. The Kier molecular flexibility index (Phi) is 7.15. The van der Waals surface area contributed by atoms with Crippen molar-refractivity contribution in [3.63, 3.8) is 0 Å². The smallest absolute Gasteiger partial charge is 0.411 e. The molecule has 0 spiro atoms. The van der Waals surface area contributed by atoms with E-state index in [1.54, 1.807) is 24.3 Å². The summed E-state index contributed by atoms with van der Waals surface area (Å²) in [5.41, 5.74) is 11.2. The second-order valence-electron chi connectivity index (χ2n) is 9.87. The van der Waals surface area contributed by atoms with Crippen LogP contribution in [0, 0.1) is 0 Å². The van der Waals surface area contributed by atoms with Gasteiger partial charge in [-0.05, 0) is 65.6 Å². The van der Waals surface area contributed by atoms with E-state index in [2.05, 4.69) is 34.9 Å². The fourth-order valence-corrected chi connectivity index (χ4v) is 5.26. The van der Waals surface area contributed by atoms with Crippen molar-refractivity contribution in [2.75, 3.05) is 19.0 Å². The zero-order chi connectivity index (χ0) is 26.7. The minimum absolute atomic E-state index is 0.0126. The van der Waals surface area contributed by atoms with Crippen LogP contribution in [0.25, 0.3) is 11.1 Å². The zero-order valence-corrected chi connectivity index (χ0v) is 21.2. The van der Waals surface area contributed by atoms with E-state index >= 15 is 0 Å². The predicted octanol–water partition coefficient (Wildman–Crippen LogP) is 4.13. The van der Waals surface area contributed by atoms with Gasteiger partial charge in [-0.15, -0.1) is 0 Å². The maximum Gasteiger partial charge on any atom is 0.411 e. The van der Waals surface area contributed by atoms with Crippen LogP contribution in [0.15, 0.2) is 72.8 Å². The SMILES string of the molecule is COC(=O)C1(NC(=O)[C@@H](N)Cc2ccc(NC(=O)OCC3c4ccccc4-c4ccccc43)cc2)CCC1. The van der Waals surface area contributed by atoms with Crippen LogP contribution in [0.1, 0.15) is 41.9 Å². The average Bonchev–Trinajstić information content (AvgIpc) is 3.23. The molecule has 2 aliphatic carbocycles. The Hall–Kier alpha value is -4.17. The number of nitrogens with two attached hydrogens (primary N) is 1. The van der Waals surface area contributed by atoms with Gasteiger partial charge in [-0.3, -0.25) is 10.1 Å². The lowest BCUT2D eigenvalue weighted by Crippen LogP contribution is -2.62. The van der Waals surface area contributed by atoms with Crippen LogP contribution in [0.4, 0.5) is 10.5 Å². The summed E-state index contributed by atoms with van der Waals surface area (Å²) in [6.45, 7) is 0.231. The first-order valence-corrected chi connectivity index (χ1v) is 12.8. The molecule has 0 aromatic heterocycles. The molecular weight excluding hydrogens is 482 g/mol. The maximum atomic E-state index is 12.6. The van der Waals surface area contributed by atoms with Gasteiger partial charge in [-0.25, -0.2) is 9.59 Å². The second-order valence-corrected chi connectivity index (χ2v) is 9.87. The number of carbonyl (C=O) groups excluding carboxylic acids is 3. The highest BCUT2D eigenvalue weighted by Gasteiger charge is 2.47. The van der Waals surface area contributed by atoms with Crippen molar-refractivity contribution in [3.05, 3.63) is 89.5 Å². The third-order valence-corrected chi connectivity index (χ3v) is 7.48. The number of ether oxygens (including phenoxy) is 2. The van der Waals surface area contributed by atoms with Crippen LogP contribution < -0.4 is 16.4 Å². The number of rotatable bonds is 8. The fraction of sp³-hybridized carbons (Fsp3) is 0.300. The predicted molar refractivity (Wildman–Crippen MR) is 144 cm³/mol. The number of esters is 1. The van der Waals surface area contributed by atoms with Gasteiger partial charge >= 0.3 is 12.1 Å². The van der Waals surface area contributed by atoms with E-state index in [4.69, 9.17) is 15.2 Å². The Morgan fingerprint density at radius 1 is 0.947 bits per heavy atom. The van der Waals surface area contributed by atoms with Crippen LogP contribution in [-0.4, -0.2) is 43.3 Å². The number of nitrogens with one attached hydrogen (secondary N) is 2. The number of methoxy groups -OCH3 is 1. The van der Waals surface area contributed by atoms with Gasteiger partial charge in [0.05, 0.1) is 13.2 Å². The van der Waals surface area contributed by atoms with Gasteiger partial charge in [0, 0.05) is 11.6 Å². The number of hydrogen-bond acceptors (Lipinski definition) is 6. The van der Waals surface area contributed by atoms with E-state index in [0.29, 0.717) is 18.5 Å². The molecule has 2 aliphatic rings. The van der Waals surface area contributed by atoms with Gasteiger partial charge in [0.15, 0.2) is 0 Å². The standard InChI is InChI=1S/C30H31N3O5/c1-37-28(35)30(15-6-16-30)33-27(34)26(31)17-19-11-13-20(14-12-19)32-29(36)38-18-25-23-9-4-2-7-21(23)22-8-3-5-10-24(22)25/h2-5,7-14,25-26H,6,15-18,31H2,1H3,(H,32,36)(H,33,34)/t26-/m0/s1. The van der Waals surface area contributed by atoms with Crippen molar-refractivity contribution in [2.24, 2.45) is 5.73 Å². The van der Waals surface area contributed by atoms with E-state index < -0.39 is 29.6 Å². The summed E-state index contributed by atoms with van der Waals surface area (Å²) in [7, 11) is 1.31. The van der Waals surface area contributed by atoms with Crippen molar-refractivity contribution in [1.29, 1.82) is 0 Å². The third kappa shape index (κ3) is 4.99. The van der Waals surface area contributed by atoms with Gasteiger partial charge in [-0.1, -0.05) is 60.7 Å². The molecule has 3 aromatic carbocycles. The first kappa shape index (κ1) is 25.5. The molecule has 0 unspecified atom stereocenters. The summed E-state index contributed by atoms with van der Waals surface area (Å²) in [5, 5.41) is 5.53. The van der Waals surface area contributed by atoms with Gasteiger partial charge < -0.3 is 20.5 Å². The molecule has 1 saturated carbocycles. The molecule has 0 heterocycles. The average molecular weight is 514 g/mol. The molecule has 0 saturated heterocycles. The quantitative estimate of drug-likeness (QED) is 0.390. The highest BCUT2D eigenvalue weighted by molar-refractivity contribution is 5.91. The molecule has 8 nitrogen and oxygen atoms in total. The largest absolute Gasteiger partial charge is 0.467 e. The van der Waals surface area contributed by atoms with E-state index in [1.807, 2.05) is 24.3 Å². The number of carbonyl (C=O) groups is 3. The molecule has 2 amide bonds. The Morgan fingerprint density at radius 3 is 2.11 bits per heavy atom. The highest BCUT2D eigenvalue weighted by atomic mass is 16.5. The Bertz CT molecular complexity index is 1300. The first-order chi connectivity index (χ1) is 18.4. The molecule has 0 radical (unpaired) electrons. The minimum atomic E-state index is -0.958. The summed E-state index contributed by atoms with van der Waals surface area (Å²) in [5.74, 6) is -0.842. The van der Waals surface area contributed by atoms with Gasteiger partial charge in [-0.2, -0.15) is 0 Å². The minimum Gasteiger partial charge on any atom is -0.467 e. The summed E-state index contributed by atoms with van der Waals surface area (Å²) in [4.78, 5) is 37.2. The molecule has 1 atom stereocenters. The maximum absolute atomic E-state index is 12.6. The molecule has 0 bridgehead atoms. The van der Waals surface area contributed by atoms with E-state index in [-0.39, 0.29) is 18.9 Å². The topological polar surface area (TPSA) is 120 Å². The molecule has 4 N–H and O–H groups in total. The second kappa shape index (κ2) is 10.7. The first-order valence-electron chi connectivity index (χ1n) is 12.8. The summed E-state index contributed by atoms with van der Waals surface area (Å²) < 4.78 is 10.4. The fourth-order valence-electron chi connectivity index (χ4n) is 5.26. The molecule has 3 aromatic rings. The van der Waals surface area contributed by atoms with Crippen molar-refractivity contribution >= 4 is 23.7 Å². The Labute approximate surface area is 221 Å². The molecule has 8 heteroatoms. The van der Waals surface area contributed by atoms with Gasteiger partial charge in [0.1, 0.15) is 12.1 Å². The normalized spacial score (nSPS) is 15.8. The third-order valence-electron chi connectivity index (χ3n) is 7.48. The van der Waals surface area contributed by atoms with Crippen LogP contribution in [0.2, 0.25) is 0 Å².